The van der Waals surface area contributed by atoms with Crippen LogP contribution in [0.1, 0.15) is 26.7 Å². The van der Waals surface area contributed by atoms with Gasteiger partial charge in [0.25, 0.3) is 0 Å². The Kier molecular flexibility index (Phi) is 4.02. The number of hydrogen-bond acceptors (Lipinski definition) is 3. The predicted molar refractivity (Wildman–Crippen MR) is 64.9 cm³/mol. The highest BCUT2D eigenvalue weighted by Crippen LogP contribution is 2.30. The summed E-state index contributed by atoms with van der Waals surface area (Å²) in [6.45, 7) is 5.30. The topological polar surface area (TPSA) is 27.7 Å². The van der Waals surface area contributed by atoms with Crippen molar-refractivity contribution in [3.05, 3.63) is 30.3 Å². The van der Waals surface area contributed by atoms with E-state index in [0.29, 0.717) is 13.2 Å². The van der Waals surface area contributed by atoms with Crippen molar-refractivity contribution in [3.8, 4) is 5.75 Å². The van der Waals surface area contributed by atoms with Gasteiger partial charge >= 0.3 is 0 Å². The lowest BCUT2D eigenvalue weighted by Gasteiger charge is -2.24. The summed E-state index contributed by atoms with van der Waals surface area (Å²) in [7, 11) is 0. The summed E-state index contributed by atoms with van der Waals surface area (Å²) >= 11 is 0. The molecule has 1 aromatic rings. The Morgan fingerprint density at radius 3 is 2.88 bits per heavy atom. The molecular formula is C14H19O3. The van der Waals surface area contributed by atoms with Gasteiger partial charge in [-0.25, -0.2) is 0 Å². The summed E-state index contributed by atoms with van der Waals surface area (Å²) < 4.78 is 17.3. The van der Waals surface area contributed by atoms with Gasteiger partial charge in [0.15, 0.2) is 5.79 Å². The fourth-order valence-corrected chi connectivity index (χ4v) is 1.98. The van der Waals surface area contributed by atoms with Crippen molar-refractivity contribution in [2.45, 2.75) is 38.6 Å². The molecular weight excluding hydrogens is 216 g/mol. The molecule has 0 amide bonds. The number of rotatable bonds is 5. The van der Waals surface area contributed by atoms with Crippen LogP contribution in [0.5, 0.6) is 5.75 Å². The maximum Gasteiger partial charge on any atom is 0.168 e. The van der Waals surface area contributed by atoms with Crippen molar-refractivity contribution in [3.63, 3.8) is 0 Å². The first-order chi connectivity index (χ1) is 8.28. The van der Waals surface area contributed by atoms with Gasteiger partial charge in [0.05, 0.1) is 6.61 Å². The van der Waals surface area contributed by atoms with Crippen molar-refractivity contribution >= 4 is 0 Å². The van der Waals surface area contributed by atoms with Crippen LogP contribution in [0.15, 0.2) is 24.3 Å². The van der Waals surface area contributed by atoms with E-state index in [1.807, 2.05) is 24.3 Å². The van der Waals surface area contributed by atoms with Crippen molar-refractivity contribution < 1.29 is 14.2 Å². The normalized spacial score (nSPS) is 22.6. The second kappa shape index (κ2) is 5.52. The molecule has 1 aliphatic rings. The van der Waals surface area contributed by atoms with Gasteiger partial charge in [0, 0.05) is 0 Å². The van der Waals surface area contributed by atoms with E-state index in [0.717, 1.165) is 18.6 Å². The Hall–Kier alpha value is -1.06. The van der Waals surface area contributed by atoms with E-state index >= 15 is 0 Å². The minimum absolute atomic E-state index is 0.0232. The Bertz CT molecular complexity index is 333. The van der Waals surface area contributed by atoms with Crippen molar-refractivity contribution in [2.24, 2.45) is 0 Å². The average molecular weight is 235 g/mol. The number of benzene rings is 1. The molecule has 3 heteroatoms. The molecule has 1 saturated heterocycles. The molecule has 0 aromatic heterocycles. The van der Waals surface area contributed by atoms with E-state index in [2.05, 4.69) is 19.9 Å². The molecule has 0 saturated carbocycles. The molecule has 17 heavy (non-hydrogen) atoms. The van der Waals surface area contributed by atoms with Crippen LogP contribution in [0.2, 0.25) is 0 Å². The Morgan fingerprint density at radius 1 is 1.47 bits per heavy atom. The van der Waals surface area contributed by atoms with E-state index in [4.69, 9.17) is 14.2 Å². The zero-order chi connectivity index (χ0) is 12.1. The molecule has 0 N–H and O–H groups in total. The maximum atomic E-state index is 5.91. The van der Waals surface area contributed by atoms with Gasteiger partial charge in [-0.15, -0.1) is 0 Å². The molecule has 93 valence electrons. The second-order valence-electron chi connectivity index (χ2n) is 4.22. The largest absolute Gasteiger partial charge is 0.491 e. The van der Waals surface area contributed by atoms with Gasteiger partial charge in [0.1, 0.15) is 18.5 Å². The van der Waals surface area contributed by atoms with E-state index in [1.165, 1.54) is 0 Å². The first-order valence-corrected chi connectivity index (χ1v) is 6.18. The SMILES string of the molecule is CCC1(CC)OC[C@H](COc2c[c]ccc2)O1. The van der Waals surface area contributed by atoms with Gasteiger partial charge in [-0.1, -0.05) is 26.0 Å². The van der Waals surface area contributed by atoms with Crippen LogP contribution in [0.3, 0.4) is 0 Å². The Balaban J connectivity index is 1.82. The molecule has 1 heterocycles. The van der Waals surface area contributed by atoms with Gasteiger partial charge in [-0.2, -0.15) is 0 Å². The smallest absolute Gasteiger partial charge is 0.168 e. The van der Waals surface area contributed by atoms with E-state index in [-0.39, 0.29) is 6.10 Å². The summed E-state index contributed by atoms with van der Waals surface area (Å²) in [6, 6.07) is 10.5. The average Bonchev–Trinajstić information content (AvgIpc) is 2.82. The van der Waals surface area contributed by atoms with E-state index in [1.54, 1.807) is 0 Å². The van der Waals surface area contributed by atoms with Crippen LogP contribution in [0.25, 0.3) is 0 Å². The lowest BCUT2D eigenvalue weighted by Crippen LogP contribution is -2.30. The molecule has 1 aromatic carbocycles. The lowest BCUT2D eigenvalue weighted by molar-refractivity contribution is -0.174. The quantitative estimate of drug-likeness (QED) is 0.785. The van der Waals surface area contributed by atoms with Gasteiger partial charge in [-0.05, 0) is 31.0 Å². The highest BCUT2D eigenvalue weighted by molar-refractivity contribution is 5.20. The van der Waals surface area contributed by atoms with Gasteiger partial charge in [0.2, 0.25) is 0 Å². The second-order valence-corrected chi connectivity index (χ2v) is 4.22. The highest BCUT2D eigenvalue weighted by Gasteiger charge is 2.38. The summed E-state index contributed by atoms with van der Waals surface area (Å²) in [6.07, 6.45) is 1.77. The fraction of sp³-hybridized carbons (Fsp3) is 0.571. The summed E-state index contributed by atoms with van der Waals surface area (Å²) in [5.74, 6) is 0.429. The molecule has 1 aliphatic heterocycles. The molecule has 2 rings (SSSR count). The third-order valence-electron chi connectivity index (χ3n) is 3.11. The van der Waals surface area contributed by atoms with Crippen LogP contribution in [-0.2, 0) is 9.47 Å². The van der Waals surface area contributed by atoms with Crippen molar-refractivity contribution in [2.75, 3.05) is 13.2 Å². The van der Waals surface area contributed by atoms with Gasteiger partial charge < -0.3 is 14.2 Å². The van der Waals surface area contributed by atoms with E-state index < -0.39 is 5.79 Å². The lowest BCUT2D eigenvalue weighted by atomic mass is 10.1. The minimum atomic E-state index is -0.392. The minimum Gasteiger partial charge on any atom is -0.491 e. The summed E-state index contributed by atoms with van der Waals surface area (Å²) in [5.41, 5.74) is 0. The molecule has 0 aliphatic carbocycles. The van der Waals surface area contributed by atoms with E-state index in [9.17, 15) is 0 Å². The van der Waals surface area contributed by atoms with Crippen LogP contribution >= 0.6 is 0 Å². The van der Waals surface area contributed by atoms with Crippen LogP contribution < -0.4 is 4.74 Å². The Labute approximate surface area is 103 Å². The summed E-state index contributed by atoms with van der Waals surface area (Å²) in [4.78, 5) is 0. The molecule has 1 radical (unpaired) electrons. The Morgan fingerprint density at radius 2 is 2.29 bits per heavy atom. The fourth-order valence-electron chi connectivity index (χ4n) is 1.98. The standard InChI is InChI=1S/C14H19O3/c1-3-14(4-2)16-11-13(17-14)10-15-12-8-6-5-7-9-12/h5-6,8-9,13H,3-4,10-11H2,1-2H3/t13-/m0/s1. The molecule has 0 unspecified atom stereocenters. The predicted octanol–water partition coefficient (Wildman–Crippen LogP) is 2.80. The highest BCUT2D eigenvalue weighted by atomic mass is 16.7. The zero-order valence-corrected chi connectivity index (χ0v) is 10.4. The maximum absolute atomic E-state index is 5.91. The number of ether oxygens (including phenoxy) is 3. The molecule has 0 spiro atoms. The van der Waals surface area contributed by atoms with Crippen molar-refractivity contribution in [1.82, 2.24) is 0 Å². The first-order valence-electron chi connectivity index (χ1n) is 6.18. The molecule has 3 nitrogen and oxygen atoms in total. The monoisotopic (exact) mass is 235 g/mol. The third-order valence-corrected chi connectivity index (χ3v) is 3.11. The zero-order valence-electron chi connectivity index (χ0n) is 10.4. The summed E-state index contributed by atoms with van der Waals surface area (Å²) in [5, 5.41) is 0. The molecule has 0 bridgehead atoms. The third kappa shape index (κ3) is 2.99. The first kappa shape index (κ1) is 12.4. The van der Waals surface area contributed by atoms with Crippen LogP contribution in [0.4, 0.5) is 0 Å². The molecule has 1 atom stereocenters. The van der Waals surface area contributed by atoms with Crippen LogP contribution in [-0.4, -0.2) is 25.1 Å². The molecule has 1 fully saturated rings. The van der Waals surface area contributed by atoms with Gasteiger partial charge in [-0.3, -0.25) is 0 Å². The number of hydrogen-bond donors (Lipinski definition) is 0. The van der Waals surface area contributed by atoms with Crippen molar-refractivity contribution in [1.29, 1.82) is 0 Å². The van der Waals surface area contributed by atoms with Crippen LogP contribution in [0, 0.1) is 6.07 Å².